The lowest BCUT2D eigenvalue weighted by Gasteiger charge is -2.44. The van der Waals surface area contributed by atoms with Gasteiger partial charge >= 0.3 is 6.18 Å². The third-order valence-corrected chi connectivity index (χ3v) is 7.60. The average molecular weight is 576 g/mol. The van der Waals surface area contributed by atoms with E-state index in [2.05, 4.69) is 21.3 Å². The number of alkyl halides is 3. The summed E-state index contributed by atoms with van der Waals surface area (Å²) in [5.74, 6) is -2.24. The molecule has 13 heteroatoms. The first-order valence-electron chi connectivity index (χ1n) is 13.5. The SMILES string of the molecule is CC.COc1ccc2c(N3CCC(C(=O)N4Cc5nnc(C(F)(F)F)n5C(C)(C)C4)C(C)C3)c(C#N)cnc2c1F. The van der Waals surface area contributed by atoms with E-state index >= 15 is 0 Å². The smallest absolute Gasteiger partial charge is 0.451 e. The summed E-state index contributed by atoms with van der Waals surface area (Å²) in [4.78, 5) is 21.3. The fraction of sp³-hybridized carbons (Fsp3) is 0.536. The Hall–Kier alpha value is -3.95. The summed E-state index contributed by atoms with van der Waals surface area (Å²) in [5.41, 5.74) is -0.118. The number of hydrogen-bond donors (Lipinski definition) is 0. The Morgan fingerprint density at radius 3 is 2.54 bits per heavy atom. The second kappa shape index (κ2) is 11.1. The van der Waals surface area contributed by atoms with Crippen molar-refractivity contribution in [2.24, 2.45) is 11.8 Å². The van der Waals surface area contributed by atoms with Crippen molar-refractivity contribution in [1.29, 1.82) is 5.26 Å². The minimum Gasteiger partial charge on any atom is -0.494 e. The zero-order valence-corrected chi connectivity index (χ0v) is 23.9. The molecule has 4 heterocycles. The van der Waals surface area contributed by atoms with Crippen LogP contribution in [0.4, 0.5) is 23.2 Å². The Morgan fingerprint density at radius 1 is 1.22 bits per heavy atom. The van der Waals surface area contributed by atoms with Crippen molar-refractivity contribution in [3.8, 4) is 11.8 Å². The summed E-state index contributed by atoms with van der Waals surface area (Å²) in [7, 11) is 1.36. The molecule has 41 heavy (non-hydrogen) atoms. The van der Waals surface area contributed by atoms with Crippen molar-refractivity contribution in [3.63, 3.8) is 0 Å². The topological polar surface area (TPSA) is 100 Å². The third kappa shape index (κ3) is 5.27. The number of amides is 1. The number of piperidine rings is 1. The summed E-state index contributed by atoms with van der Waals surface area (Å²) >= 11 is 0. The van der Waals surface area contributed by atoms with E-state index in [-0.39, 0.29) is 47.9 Å². The highest BCUT2D eigenvalue weighted by Gasteiger charge is 2.46. The van der Waals surface area contributed by atoms with Crippen molar-refractivity contribution >= 4 is 22.5 Å². The molecule has 0 bridgehead atoms. The van der Waals surface area contributed by atoms with Crippen LogP contribution in [-0.2, 0) is 23.1 Å². The van der Waals surface area contributed by atoms with Crippen LogP contribution in [0.15, 0.2) is 18.3 Å². The largest absolute Gasteiger partial charge is 0.494 e. The van der Waals surface area contributed by atoms with Crippen molar-refractivity contribution in [2.75, 3.05) is 31.6 Å². The van der Waals surface area contributed by atoms with Crippen LogP contribution in [0, 0.1) is 29.0 Å². The summed E-state index contributed by atoms with van der Waals surface area (Å²) < 4.78 is 61.5. The number of ether oxygens (including phenoxy) is 1. The Morgan fingerprint density at radius 2 is 1.93 bits per heavy atom. The molecular formula is C28H33F4N7O2. The van der Waals surface area contributed by atoms with Crippen molar-refractivity contribution in [3.05, 3.63) is 41.4 Å². The molecule has 9 nitrogen and oxygen atoms in total. The molecule has 220 valence electrons. The van der Waals surface area contributed by atoms with Gasteiger partial charge in [-0.05, 0) is 38.3 Å². The maximum Gasteiger partial charge on any atom is 0.451 e. The number of pyridine rings is 1. The number of carbonyl (C=O) groups excluding carboxylic acids is 1. The minimum atomic E-state index is -4.65. The number of benzene rings is 1. The first kappa shape index (κ1) is 30.0. The second-order valence-corrected chi connectivity index (χ2v) is 10.7. The maximum absolute atomic E-state index is 14.9. The van der Waals surface area contributed by atoms with Gasteiger partial charge < -0.3 is 14.5 Å². The first-order valence-corrected chi connectivity index (χ1v) is 13.5. The van der Waals surface area contributed by atoms with E-state index in [1.54, 1.807) is 24.8 Å². The Labute approximate surface area is 235 Å². The van der Waals surface area contributed by atoms with Crippen LogP contribution >= 0.6 is 0 Å². The number of methoxy groups -OCH3 is 1. The molecule has 3 aromatic rings. The minimum absolute atomic E-state index is 0.0472. The quantitative estimate of drug-likeness (QED) is 0.399. The summed E-state index contributed by atoms with van der Waals surface area (Å²) in [5, 5.41) is 17.3. The number of hydrogen-bond acceptors (Lipinski definition) is 7. The highest BCUT2D eigenvalue weighted by atomic mass is 19.4. The fourth-order valence-electron chi connectivity index (χ4n) is 5.89. The maximum atomic E-state index is 14.9. The number of carbonyl (C=O) groups is 1. The van der Waals surface area contributed by atoms with Gasteiger partial charge in [0.05, 0.1) is 30.4 Å². The highest BCUT2D eigenvalue weighted by Crippen LogP contribution is 2.39. The number of aromatic nitrogens is 4. The van der Waals surface area contributed by atoms with E-state index in [1.165, 1.54) is 19.4 Å². The Bertz CT molecular complexity index is 1500. The molecule has 1 aromatic carbocycles. The molecule has 2 aromatic heterocycles. The van der Waals surface area contributed by atoms with Crippen LogP contribution in [0.25, 0.3) is 10.9 Å². The van der Waals surface area contributed by atoms with Crippen LogP contribution in [0.2, 0.25) is 0 Å². The van der Waals surface area contributed by atoms with E-state index < -0.39 is 23.4 Å². The van der Waals surface area contributed by atoms with E-state index in [9.17, 15) is 27.6 Å². The van der Waals surface area contributed by atoms with Gasteiger partial charge in [-0.3, -0.25) is 14.3 Å². The van der Waals surface area contributed by atoms with Gasteiger partial charge in [0.25, 0.3) is 0 Å². The lowest BCUT2D eigenvalue weighted by Crippen LogP contribution is -2.54. The predicted octanol–water partition coefficient (Wildman–Crippen LogP) is 5.13. The van der Waals surface area contributed by atoms with Crippen molar-refractivity contribution in [1.82, 2.24) is 24.6 Å². The van der Waals surface area contributed by atoms with Crippen LogP contribution in [0.5, 0.6) is 5.75 Å². The number of nitrogens with zero attached hydrogens (tertiary/aromatic N) is 7. The van der Waals surface area contributed by atoms with Gasteiger partial charge in [-0.25, -0.2) is 4.39 Å². The lowest BCUT2D eigenvalue weighted by atomic mass is 9.84. The van der Waals surface area contributed by atoms with Crippen molar-refractivity contribution in [2.45, 2.75) is 59.3 Å². The third-order valence-electron chi connectivity index (χ3n) is 7.60. The zero-order chi connectivity index (χ0) is 30.3. The molecule has 0 radical (unpaired) electrons. The number of rotatable bonds is 3. The van der Waals surface area contributed by atoms with Gasteiger partial charge in [-0.15, -0.1) is 10.2 Å². The molecule has 2 aliphatic heterocycles. The lowest BCUT2D eigenvalue weighted by molar-refractivity contribution is -0.151. The van der Waals surface area contributed by atoms with Gasteiger partial charge in [0.1, 0.15) is 11.6 Å². The van der Waals surface area contributed by atoms with Crippen LogP contribution in [0.3, 0.4) is 0 Å². The number of nitriles is 1. The second-order valence-electron chi connectivity index (χ2n) is 10.7. The molecule has 0 aliphatic carbocycles. The summed E-state index contributed by atoms with van der Waals surface area (Å²) in [6, 6.07) is 5.30. The normalized spacial score (nSPS) is 20.1. The van der Waals surface area contributed by atoms with Gasteiger partial charge in [0, 0.05) is 37.1 Å². The molecule has 2 unspecified atom stereocenters. The standard InChI is InChI=1S/C26H27F4N7O2.C2H6/c1-14-11-35(22-15(9-31)10-32-21-17(22)5-6-18(39-4)20(21)27)8-7-16(14)23(38)36-12-19-33-34-24(26(28,29)30)37(19)25(2,3)13-36;1-2/h5-6,10,14,16H,7-8,11-13H2,1-4H3;1-2H3. The van der Waals surface area contributed by atoms with Crippen LogP contribution < -0.4 is 9.64 Å². The average Bonchev–Trinajstić information content (AvgIpc) is 3.39. The monoisotopic (exact) mass is 575 g/mol. The predicted molar refractivity (Wildman–Crippen MR) is 144 cm³/mol. The number of halogens is 4. The van der Waals surface area contributed by atoms with E-state index in [0.717, 1.165) is 4.57 Å². The van der Waals surface area contributed by atoms with Gasteiger partial charge in [-0.2, -0.15) is 18.4 Å². The summed E-state index contributed by atoms with van der Waals surface area (Å²) in [6.45, 7) is 10.1. The molecule has 2 atom stereocenters. The Balaban J connectivity index is 0.00000189. The van der Waals surface area contributed by atoms with E-state index in [4.69, 9.17) is 4.74 Å². The molecule has 0 N–H and O–H groups in total. The first-order chi connectivity index (χ1) is 19.4. The van der Waals surface area contributed by atoms with E-state index in [0.29, 0.717) is 36.1 Å². The molecule has 2 aliphatic rings. The molecule has 1 amide bonds. The van der Waals surface area contributed by atoms with Gasteiger partial charge in [0.15, 0.2) is 17.4 Å². The zero-order valence-electron chi connectivity index (χ0n) is 23.9. The van der Waals surface area contributed by atoms with E-state index in [1.807, 2.05) is 25.7 Å². The summed E-state index contributed by atoms with van der Waals surface area (Å²) in [6.07, 6.45) is -2.86. The molecule has 5 rings (SSSR count). The molecular weight excluding hydrogens is 542 g/mol. The number of fused-ring (bicyclic) bond motifs is 2. The Kier molecular flexibility index (Phi) is 8.16. The van der Waals surface area contributed by atoms with Crippen molar-refractivity contribution < 1.29 is 27.1 Å². The van der Waals surface area contributed by atoms with Gasteiger partial charge in [-0.1, -0.05) is 20.8 Å². The van der Waals surface area contributed by atoms with Crippen LogP contribution in [-0.4, -0.2) is 57.3 Å². The van der Waals surface area contributed by atoms with Gasteiger partial charge in [0.2, 0.25) is 11.7 Å². The number of anilines is 1. The molecule has 1 fully saturated rings. The molecule has 1 saturated heterocycles. The fourth-order valence-corrected chi connectivity index (χ4v) is 5.89. The highest BCUT2D eigenvalue weighted by molar-refractivity contribution is 5.95. The molecule has 0 saturated carbocycles. The van der Waals surface area contributed by atoms with Crippen LogP contribution in [0.1, 0.15) is 58.3 Å². The molecule has 0 spiro atoms.